The van der Waals surface area contributed by atoms with E-state index >= 15 is 0 Å². The van der Waals surface area contributed by atoms with Gasteiger partial charge in [0.25, 0.3) is 0 Å². The van der Waals surface area contributed by atoms with Gasteiger partial charge in [0.05, 0.1) is 6.10 Å². The SMILES string of the molecule is BrCCNCC1CCCO1. The number of ether oxygens (including phenoxy) is 1. The van der Waals surface area contributed by atoms with Crippen molar-refractivity contribution in [3.63, 3.8) is 0 Å². The first-order chi connectivity index (χ1) is 4.93. The highest BCUT2D eigenvalue weighted by atomic mass is 79.9. The average molecular weight is 208 g/mol. The number of hydrogen-bond acceptors (Lipinski definition) is 2. The van der Waals surface area contributed by atoms with Crippen LogP contribution in [0.3, 0.4) is 0 Å². The van der Waals surface area contributed by atoms with Crippen molar-refractivity contribution in [1.82, 2.24) is 5.32 Å². The molecule has 0 amide bonds. The minimum absolute atomic E-state index is 0.485. The number of halogens is 1. The molecule has 3 heteroatoms. The van der Waals surface area contributed by atoms with Gasteiger partial charge in [0.2, 0.25) is 0 Å². The first kappa shape index (κ1) is 8.50. The molecule has 1 saturated heterocycles. The topological polar surface area (TPSA) is 21.3 Å². The van der Waals surface area contributed by atoms with Crippen molar-refractivity contribution in [1.29, 1.82) is 0 Å². The van der Waals surface area contributed by atoms with Gasteiger partial charge in [-0.1, -0.05) is 15.9 Å². The van der Waals surface area contributed by atoms with E-state index in [1.807, 2.05) is 0 Å². The predicted octanol–water partition coefficient (Wildman–Crippen LogP) is 1.15. The molecular formula is C7H14BrNO. The Morgan fingerprint density at radius 1 is 1.60 bits per heavy atom. The molecule has 0 bridgehead atoms. The summed E-state index contributed by atoms with van der Waals surface area (Å²) in [6.07, 6.45) is 2.95. The average Bonchev–Trinajstić information content (AvgIpc) is 2.41. The van der Waals surface area contributed by atoms with Crippen LogP contribution in [0.2, 0.25) is 0 Å². The van der Waals surface area contributed by atoms with Crippen molar-refractivity contribution >= 4 is 15.9 Å². The molecule has 1 aliphatic rings. The van der Waals surface area contributed by atoms with Gasteiger partial charge in [-0.05, 0) is 12.8 Å². The summed E-state index contributed by atoms with van der Waals surface area (Å²) >= 11 is 3.36. The number of hydrogen-bond donors (Lipinski definition) is 1. The molecule has 0 aromatic rings. The van der Waals surface area contributed by atoms with Crippen molar-refractivity contribution in [2.75, 3.05) is 25.0 Å². The lowest BCUT2D eigenvalue weighted by Gasteiger charge is -2.08. The Morgan fingerprint density at radius 2 is 2.50 bits per heavy atom. The molecule has 1 unspecified atom stereocenters. The van der Waals surface area contributed by atoms with E-state index in [2.05, 4.69) is 21.2 Å². The molecule has 0 aromatic carbocycles. The maximum absolute atomic E-state index is 5.42. The van der Waals surface area contributed by atoms with Gasteiger partial charge in [0, 0.05) is 25.0 Å². The van der Waals surface area contributed by atoms with E-state index < -0.39 is 0 Å². The van der Waals surface area contributed by atoms with E-state index in [4.69, 9.17) is 4.74 Å². The van der Waals surface area contributed by atoms with Gasteiger partial charge in [0.1, 0.15) is 0 Å². The van der Waals surface area contributed by atoms with Crippen LogP contribution in [0.4, 0.5) is 0 Å². The summed E-state index contributed by atoms with van der Waals surface area (Å²) in [5, 5.41) is 4.33. The van der Waals surface area contributed by atoms with Crippen LogP contribution < -0.4 is 5.32 Å². The predicted molar refractivity (Wildman–Crippen MR) is 45.6 cm³/mol. The molecule has 0 radical (unpaired) electrons. The standard InChI is InChI=1S/C7H14BrNO/c8-3-4-9-6-7-2-1-5-10-7/h7,9H,1-6H2. The third-order valence-electron chi connectivity index (χ3n) is 1.67. The van der Waals surface area contributed by atoms with Crippen LogP contribution in [-0.4, -0.2) is 31.1 Å². The molecular weight excluding hydrogens is 194 g/mol. The van der Waals surface area contributed by atoms with Crippen molar-refractivity contribution < 1.29 is 4.74 Å². The lowest BCUT2D eigenvalue weighted by molar-refractivity contribution is 0.111. The molecule has 0 aliphatic carbocycles. The highest BCUT2D eigenvalue weighted by Crippen LogP contribution is 2.10. The summed E-state index contributed by atoms with van der Waals surface area (Å²) in [5.74, 6) is 0. The highest BCUT2D eigenvalue weighted by molar-refractivity contribution is 9.09. The molecule has 0 aromatic heterocycles. The van der Waals surface area contributed by atoms with Crippen LogP contribution in [0.25, 0.3) is 0 Å². The normalized spacial score (nSPS) is 25.5. The monoisotopic (exact) mass is 207 g/mol. The molecule has 1 fully saturated rings. The molecule has 1 aliphatic heterocycles. The van der Waals surface area contributed by atoms with Crippen LogP contribution in [-0.2, 0) is 4.74 Å². The van der Waals surface area contributed by atoms with Gasteiger partial charge in [0.15, 0.2) is 0 Å². The molecule has 1 heterocycles. The Morgan fingerprint density at radius 3 is 3.10 bits per heavy atom. The Balaban J connectivity index is 1.91. The lowest BCUT2D eigenvalue weighted by atomic mass is 10.2. The first-order valence-corrected chi connectivity index (χ1v) is 4.94. The van der Waals surface area contributed by atoms with E-state index in [0.717, 1.165) is 25.0 Å². The molecule has 10 heavy (non-hydrogen) atoms. The van der Waals surface area contributed by atoms with E-state index in [0.29, 0.717) is 6.10 Å². The molecule has 2 nitrogen and oxygen atoms in total. The summed E-state index contributed by atoms with van der Waals surface area (Å²) in [6.45, 7) is 3.02. The van der Waals surface area contributed by atoms with Gasteiger partial charge >= 0.3 is 0 Å². The third-order valence-corrected chi connectivity index (χ3v) is 2.06. The fraction of sp³-hybridized carbons (Fsp3) is 1.00. The summed E-state index contributed by atoms with van der Waals surface area (Å²) in [7, 11) is 0. The number of nitrogens with one attached hydrogen (secondary N) is 1. The maximum atomic E-state index is 5.42. The van der Waals surface area contributed by atoms with Crippen molar-refractivity contribution in [3.8, 4) is 0 Å². The molecule has 1 rings (SSSR count). The van der Waals surface area contributed by atoms with Crippen LogP contribution in [0.5, 0.6) is 0 Å². The molecule has 1 N–H and O–H groups in total. The minimum atomic E-state index is 0.485. The fourth-order valence-electron chi connectivity index (χ4n) is 1.14. The van der Waals surface area contributed by atoms with Crippen molar-refractivity contribution in [3.05, 3.63) is 0 Å². The Kier molecular flexibility index (Phi) is 4.34. The molecule has 1 atom stereocenters. The zero-order valence-corrected chi connectivity index (χ0v) is 7.69. The van der Waals surface area contributed by atoms with E-state index in [1.54, 1.807) is 0 Å². The third kappa shape index (κ3) is 2.99. The van der Waals surface area contributed by atoms with Crippen LogP contribution in [0, 0.1) is 0 Å². The van der Waals surface area contributed by atoms with Gasteiger partial charge in [-0.2, -0.15) is 0 Å². The maximum Gasteiger partial charge on any atom is 0.0700 e. The fourth-order valence-corrected chi connectivity index (χ4v) is 1.42. The summed E-state index contributed by atoms with van der Waals surface area (Å²) in [4.78, 5) is 0. The van der Waals surface area contributed by atoms with Gasteiger partial charge in [-0.25, -0.2) is 0 Å². The molecule has 0 spiro atoms. The Hall–Kier alpha value is 0.400. The second kappa shape index (κ2) is 5.10. The van der Waals surface area contributed by atoms with Crippen LogP contribution in [0.1, 0.15) is 12.8 Å². The second-order valence-corrected chi connectivity index (χ2v) is 3.32. The van der Waals surface area contributed by atoms with E-state index in [-0.39, 0.29) is 0 Å². The molecule has 0 saturated carbocycles. The Bertz CT molecular complexity index is 83.7. The molecule has 60 valence electrons. The van der Waals surface area contributed by atoms with Crippen molar-refractivity contribution in [2.45, 2.75) is 18.9 Å². The van der Waals surface area contributed by atoms with Crippen molar-refractivity contribution in [2.24, 2.45) is 0 Å². The van der Waals surface area contributed by atoms with Gasteiger partial charge in [-0.15, -0.1) is 0 Å². The largest absolute Gasteiger partial charge is 0.377 e. The summed E-state index contributed by atoms with van der Waals surface area (Å²) < 4.78 is 5.42. The first-order valence-electron chi connectivity index (χ1n) is 3.82. The zero-order valence-electron chi connectivity index (χ0n) is 6.11. The highest BCUT2D eigenvalue weighted by Gasteiger charge is 2.13. The summed E-state index contributed by atoms with van der Waals surface area (Å²) in [5.41, 5.74) is 0. The van der Waals surface area contributed by atoms with Gasteiger partial charge < -0.3 is 10.1 Å². The lowest BCUT2D eigenvalue weighted by Crippen LogP contribution is -2.27. The van der Waals surface area contributed by atoms with Gasteiger partial charge in [-0.3, -0.25) is 0 Å². The van der Waals surface area contributed by atoms with E-state index in [9.17, 15) is 0 Å². The van der Waals surface area contributed by atoms with Crippen LogP contribution in [0.15, 0.2) is 0 Å². The smallest absolute Gasteiger partial charge is 0.0700 e. The zero-order chi connectivity index (χ0) is 7.23. The quantitative estimate of drug-likeness (QED) is 0.552. The second-order valence-electron chi connectivity index (χ2n) is 2.53. The van der Waals surface area contributed by atoms with Crippen LogP contribution >= 0.6 is 15.9 Å². The Labute approximate surface area is 70.5 Å². The summed E-state index contributed by atoms with van der Waals surface area (Å²) in [6, 6.07) is 0. The minimum Gasteiger partial charge on any atom is -0.377 e. The number of rotatable bonds is 4. The number of alkyl halides is 1. The van der Waals surface area contributed by atoms with E-state index in [1.165, 1.54) is 12.8 Å².